The maximum Gasteiger partial charge on any atom is 0.272 e. The van der Waals surface area contributed by atoms with Gasteiger partial charge >= 0.3 is 0 Å². The van der Waals surface area contributed by atoms with Crippen molar-refractivity contribution in [3.63, 3.8) is 0 Å². The highest BCUT2D eigenvalue weighted by Crippen LogP contribution is 2.31. The first-order valence-electron chi connectivity index (χ1n) is 9.18. The lowest BCUT2D eigenvalue weighted by Gasteiger charge is -2.26. The van der Waals surface area contributed by atoms with Gasteiger partial charge in [-0.2, -0.15) is 0 Å². The van der Waals surface area contributed by atoms with Crippen LogP contribution in [0.3, 0.4) is 0 Å². The molecule has 0 saturated heterocycles. The molecule has 1 aromatic carbocycles. The van der Waals surface area contributed by atoms with Crippen LogP contribution in [-0.2, 0) is 19.5 Å². The molecule has 3 aromatic rings. The van der Waals surface area contributed by atoms with E-state index in [0.717, 1.165) is 28.1 Å². The Morgan fingerprint density at radius 1 is 1.30 bits per heavy atom. The highest BCUT2D eigenvalue weighted by atomic mass is 16.5. The maximum atomic E-state index is 12.9. The Kier molecular flexibility index (Phi) is 4.43. The highest BCUT2D eigenvalue weighted by molar-refractivity contribution is 5.92. The lowest BCUT2D eigenvalue weighted by molar-refractivity contribution is 0.0718. The number of para-hydroxylation sites is 1. The summed E-state index contributed by atoms with van der Waals surface area (Å²) in [6.45, 7) is 7.91. The van der Waals surface area contributed by atoms with Gasteiger partial charge < -0.3 is 19.3 Å². The van der Waals surface area contributed by atoms with Crippen molar-refractivity contribution in [1.29, 1.82) is 0 Å². The van der Waals surface area contributed by atoms with Crippen molar-refractivity contribution in [2.45, 2.75) is 40.3 Å². The summed E-state index contributed by atoms with van der Waals surface area (Å²) in [6.07, 6.45) is 3.98. The number of amides is 1. The molecule has 3 heterocycles. The Balaban J connectivity index is 1.60. The van der Waals surface area contributed by atoms with E-state index in [-0.39, 0.29) is 5.91 Å². The van der Waals surface area contributed by atoms with Crippen molar-refractivity contribution >= 4 is 17.4 Å². The van der Waals surface area contributed by atoms with E-state index in [1.807, 2.05) is 22.5 Å². The van der Waals surface area contributed by atoms with E-state index in [1.165, 1.54) is 0 Å². The van der Waals surface area contributed by atoms with Crippen molar-refractivity contribution in [3.8, 4) is 0 Å². The number of anilines is 2. The smallest absolute Gasteiger partial charge is 0.272 e. The van der Waals surface area contributed by atoms with Gasteiger partial charge in [0.25, 0.3) is 5.91 Å². The van der Waals surface area contributed by atoms with Crippen LogP contribution in [-0.4, -0.2) is 32.1 Å². The van der Waals surface area contributed by atoms with Crippen LogP contribution in [0.15, 0.2) is 35.2 Å². The standard InChI is InChI=1S/C20H23N5O2/c1-4-24-12-21-10-16(24)20(26)25-9-8-17-15(11-25)19(23-27-17)22-18-13(2)6-5-7-14(18)3/h5-7,10,12H,4,8-9,11H2,1-3H3,(H,22,23). The second kappa shape index (κ2) is 6.90. The Morgan fingerprint density at radius 2 is 2.07 bits per heavy atom. The minimum Gasteiger partial charge on any atom is -0.359 e. The van der Waals surface area contributed by atoms with Crippen LogP contribution in [0.25, 0.3) is 0 Å². The Morgan fingerprint density at radius 3 is 2.81 bits per heavy atom. The minimum absolute atomic E-state index is 0.0146. The van der Waals surface area contributed by atoms with Crippen molar-refractivity contribution in [3.05, 3.63) is 58.9 Å². The number of hydrogen-bond acceptors (Lipinski definition) is 5. The number of benzene rings is 1. The number of nitrogens with one attached hydrogen (secondary N) is 1. The molecule has 7 nitrogen and oxygen atoms in total. The third-order valence-electron chi connectivity index (χ3n) is 5.11. The third kappa shape index (κ3) is 3.09. The molecule has 0 bridgehead atoms. The Labute approximate surface area is 158 Å². The molecule has 0 radical (unpaired) electrons. The SMILES string of the molecule is CCn1cncc1C(=O)N1CCc2onc(Nc3c(C)cccc3C)c2C1. The number of carbonyl (C=O) groups is 1. The van der Waals surface area contributed by atoms with E-state index in [9.17, 15) is 4.79 Å². The zero-order valence-corrected chi connectivity index (χ0v) is 15.8. The van der Waals surface area contributed by atoms with Crippen LogP contribution in [0, 0.1) is 13.8 Å². The number of carbonyl (C=O) groups excluding carboxylic acids is 1. The Bertz CT molecular complexity index is 968. The summed E-state index contributed by atoms with van der Waals surface area (Å²) in [6, 6.07) is 6.15. The fourth-order valence-electron chi connectivity index (χ4n) is 3.52. The summed E-state index contributed by atoms with van der Waals surface area (Å²) in [4.78, 5) is 18.9. The molecule has 1 aliphatic rings. The first-order valence-corrected chi connectivity index (χ1v) is 9.18. The molecule has 0 unspecified atom stereocenters. The van der Waals surface area contributed by atoms with Crippen LogP contribution in [0.5, 0.6) is 0 Å². The van der Waals surface area contributed by atoms with Crippen molar-refractivity contribution in [2.75, 3.05) is 11.9 Å². The molecular weight excluding hydrogens is 342 g/mol. The average Bonchev–Trinajstić information content (AvgIpc) is 3.30. The lowest BCUT2D eigenvalue weighted by atomic mass is 10.1. The van der Waals surface area contributed by atoms with E-state index in [2.05, 4.69) is 41.4 Å². The quantitative estimate of drug-likeness (QED) is 0.766. The van der Waals surface area contributed by atoms with Gasteiger partial charge in [0.15, 0.2) is 5.82 Å². The first-order chi connectivity index (χ1) is 13.1. The molecule has 0 fully saturated rings. The second-order valence-electron chi connectivity index (χ2n) is 6.87. The van der Waals surface area contributed by atoms with E-state index in [1.54, 1.807) is 12.5 Å². The molecule has 0 aliphatic carbocycles. The summed E-state index contributed by atoms with van der Waals surface area (Å²) < 4.78 is 7.40. The Hall–Kier alpha value is -3.09. The molecule has 0 atom stereocenters. The number of aryl methyl sites for hydroxylation is 3. The largest absolute Gasteiger partial charge is 0.359 e. The molecule has 0 spiro atoms. The molecule has 140 valence electrons. The van der Waals surface area contributed by atoms with Gasteiger partial charge in [-0.25, -0.2) is 4.98 Å². The molecule has 4 rings (SSSR count). The minimum atomic E-state index is -0.0146. The fraction of sp³-hybridized carbons (Fsp3) is 0.350. The van der Waals surface area contributed by atoms with Gasteiger partial charge in [0, 0.05) is 25.2 Å². The maximum absolute atomic E-state index is 12.9. The summed E-state index contributed by atoms with van der Waals surface area (Å²) in [7, 11) is 0. The first kappa shape index (κ1) is 17.3. The van der Waals surface area contributed by atoms with Crippen molar-refractivity contribution in [1.82, 2.24) is 19.6 Å². The predicted molar refractivity (Wildman–Crippen MR) is 102 cm³/mol. The highest BCUT2D eigenvalue weighted by Gasteiger charge is 2.29. The number of rotatable bonds is 4. The number of aromatic nitrogens is 3. The number of hydrogen-bond donors (Lipinski definition) is 1. The molecule has 7 heteroatoms. The van der Waals surface area contributed by atoms with Gasteiger partial charge in [-0.1, -0.05) is 23.4 Å². The summed E-state index contributed by atoms with van der Waals surface area (Å²) in [5.41, 5.74) is 4.87. The van der Waals surface area contributed by atoms with Gasteiger partial charge in [-0.15, -0.1) is 0 Å². The van der Waals surface area contributed by atoms with Crippen LogP contribution in [0.1, 0.15) is 39.9 Å². The topological polar surface area (TPSA) is 76.2 Å². The average molecular weight is 365 g/mol. The van der Waals surface area contributed by atoms with Gasteiger partial charge in [-0.05, 0) is 31.9 Å². The second-order valence-corrected chi connectivity index (χ2v) is 6.87. The predicted octanol–water partition coefficient (Wildman–Crippen LogP) is 3.45. The summed E-state index contributed by atoms with van der Waals surface area (Å²) in [5.74, 6) is 1.51. The third-order valence-corrected chi connectivity index (χ3v) is 5.11. The summed E-state index contributed by atoms with van der Waals surface area (Å²) >= 11 is 0. The molecule has 1 N–H and O–H groups in total. The summed E-state index contributed by atoms with van der Waals surface area (Å²) in [5, 5.41) is 7.63. The van der Waals surface area contributed by atoms with Gasteiger partial charge in [-0.3, -0.25) is 4.79 Å². The zero-order valence-electron chi connectivity index (χ0n) is 15.8. The van der Waals surface area contributed by atoms with E-state index < -0.39 is 0 Å². The van der Waals surface area contributed by atoms with Crippen LogP contribution >= 0.6 is 0 Å². The van der Waals surface area contributed by atoms with E-state index in [4.69, 9.17) is 4.52 Å². The molecular formula is C20H23N5O2. The zero-order chi connectivity index (χ0) is 19.0. The van der Waals surface area contributed by atoms with Gasteiger partial charge in [0.2, 0.25) is 0 Å². The van der Waals surface area contributed by atoms with Crippen LogP contribution < -0.4 is 5.32 Å². The van der Waals surface area contributed by atoms with Crippen molar-refractivity contribution in [2.24, 2.45) is 0 Å². The monoisotopic (exact) mass is 365 g/mol. The lowest BCUT2D eigenvalue weighted by Crippen LogP contribution is -2.36. The fourth-order valence-corrected chi connectivity index (χ4v) is 3.52. The molecule has 1 amide bonds. The van der Waals surface area contributed by atoms with Crippen molar-refractivity contribution < 1.29 is 9.32 Å². The number of imidazole rings is 1. The molecule has 0 saturated carbocycles. The molecule has 27 heavy (non-hydrogen) atoms. The number of nitrogens with zero attached hydrogens (tertiary/aromatic N) is 4. The van der Waals surface area contributed by atoms with Crippen LogP contribution in [0.4, 0.5) is 11.5 Å². The van der Waals surface area contributed by atoms with Gasteiger partial charge in [0.1, 0.15) is 11.5 Å². The molecule has 2 aromatic heterocycles. The van der Waals surface area contributed by atoms with Gasteiger partial charge in [0.05, 0.1) is 24.6 Å². The number of fused-ring (bicyclic) bond motifs is 1. The molecule has 1 aliphatic heterocycles. The van der Waals surface area contributed by atoms with Crippen LogP contribution in [0.2, 0.25) is 0 Å². The van der Waals surface area contributed by atoms with E-state index in [0.29, 0.717) is 37.6 Å². The van der Waals surface area contributed by atoms with E-state index >= 15 is 0 Å². The normalized spacial score (nSPS) is 13.5.